The van der Waals surface area contributed by atoms with Crippen molar-refractivity contribution in [2.24, 2.45) is 5.92 Å². The predicted molar refractivity (Wildman–Crippen MR) is 69.9 cm³/mol. The standard InChI is InChI=1S/C12H18N4O3/c1-8(12(18)19-4)7-16(3)10-6-5-9(14-15-10)11(17)13-2/h5-6,8H,7H2,1-4H3,(H,13,17). The van der Waals surface area contributed by atoms with Crippen LogP contribution in [0, 0.1) is 5.92 Å². The van der Waals surface area contributed by atoms with E-state index in [0.717, 1.165) is 0 Å². The molecule has 1 aromatic rings. The zero-order valence-electron chi connectivity index (χ0n) is 11.5. The highest BCUT2D eigenvalue weighted by atomic mass is 16.5. The molecule has 7 nitrogen and oxygen atoms in total. The van der Waals surface area contributed by atoms with Crippen molar-refractivity contribution in [1.82, 2.24) is 15.5 Å². The van der Waals surface area contributed by atoms with Crippen LogP contribution in [0.4, 0.5) is 5.82 Å². The first-order valence-electron chi connectivity index (χ1n) is 5.84. The van der Waals surface area contributed by atoms with Gasteiger partial charge in [0.2, 0.25) is 0 Å². The molecule has 104 valence electrons. The largest absolute Gasteiger partial charge is 0.469 e. The van der Waals surface area contributed by atoms with E-state index in [4.69, 9.17) is 0 Å². The molecule has 1 rings (SSSR count). The van der Waals surface area contributed by atoms with E-state index in [1.807, 2.05) is 0 Å². The molecule has 0 saturated heterocycles. The van der Waals surface area contributed by atoms with E-state index in [1.54, 1.807) is 31.0 Å². The average Bonchev–Trinajstić information content (AvgIpc) is 2.45. The van der Waals surface area contributed by atoms with E-state index >= 15 is 0 Å². The number of methoxy groups -OCH3 is 1. The lowest BCUT2D eigenvalue weighted by Gasteiger charge is -2.20. The first-order valence-corrected chi connectivity index (χ1v) is 5.84. The lowest BCUT2D eigenvalue weighted by molar-refractivity contribution is -0.144. The van der Waals surface area contributed by atoms with Crippen LogP contribution in [0.15, 0.2) is 12.1 Å². The molecule has 0 bridgehead atoms. The van der Waals surface area contributed by atoms with Crippen LogP contribution in [0.2, 0.25) is 0 Å². The number of esters is 1. The lowest BCUT2D eigenvalue weighted by atomic mass is 10.2. The van der Waals surface area contributed by atoms with Gasteiger partial charge < -0.3 is 15.0 Å². The number of carbonyl (C=O) groups is 2. The van der Waals surface area contributed by atoms with E-state index in [1.165, 1.54) is 14.2 Å². The Hall–Kier alpha value is -2.18. The summed E-state index contributed by atoms with van der Waals surface area (Å²) in [5, 5.41) is 10.2. The highest BCUT2D eigenvalue weighted by molar-refractivity contribution is 5.91. The van der Waals surface area contributed by atoms with Crippen molar-refractivity contribution in [2.75, 3.05) is 32.6 Å². The van der Waals surface area contributed by atoms with E-state index in [2.05, 4.69) is 20.3 Å². The van der Waals surface area contributed by atoms with Crippen LogP contribution < -0.4 is 10.2 Å². The fourth-order valence-electron chi connectivity index (χ4n) is 1.56. The van der Waals surface area contributed by atoms with Crippen LogP contribution in [0.1, 0.15) is 17.4 Å². The summed E-state index contributed by atoms with van der Waals surface area (Å²) in [7, 11) is 4.68. The maximum Gasteiger partial charge on any atom is 0.310 e. The summed E-state index contributed by atoms with van der Waals surface area (Å²) in [6.07, 6.45) is 0. The summed E-state index contributed by atoms with van der Waals surface area (Å²) in [4.78, 5) is 24.4. The second-order valence-corrected chi connectivity index (χ2v) is 4.16. The molecule has 0 saturated carbocycles. The summed E-state index contributed by atoms with van der Waals surface area (Å²) in [6.45, 7) is 2.23. The van der Waals surface area contributed by atoms with Gasteiger partial charge in [-0.3, -0.25) is 9.59 Å². The number of anilines is 1. The molecule has 1 unspecified atom stereocenters. The number of ether oxygens (including phenoxy) is 1. The molecule has 1 amide bonds. The average molecular weight is 266 g/mol. The van der Waals surface area contributed by atoms with Crippen LogP contribution in [0.25, 0.3) is 0 Å². The Morgan fingerprint density at radius 3 is 2.58 bits per heavy atom. The molecule has 0 aliphatic rings. The number of aromatic nitrogens is 2. The van der Waals surface area contributed by atoms with E-state index in [9.17, 15) is 9.59 Å². The Balaban J connectivity index is 2.70. The minimum Gasteiger partial charge on any atom is -0.469 e. The van der Waals surface area contributed by atoms with Crippen molar-refractivity contribution in [3.8, 4) is 0 Å². The number of rotatable bonds is 5. The van der Waals surface area contributed by atoms with Crippen molar-refractivity contribution >= 4 is 17.7 Å². The number of amides is 1. The quantitative estimate of drug-likeness (QED) is 0.760. The first kappa shape index (κ1) is 14.9. The summed E-state index contributed by atoms with van der Waals surface area (Å²) in [5.74, 6) is -0.245. The summed E-state index contributed by atoms with van der Waals surface area (Å²) < 4.78 is 4.66. The van der Waals surface area contributed by atoms with Crippen LogP contribution in [0.5, 0.6) is 0 Å². The predicted octanol–water partition coefficient (Wildman–Crippen LogP) is 0.0815. The fraction of sp³-hybridized carbons (Fsp3) is 0.500. The maximum absolute atomic E-state index is 11.3. The lowest BCUT2D eigenvalue weighted by Crippen LogP contribution is -2.30. The molecule has 0 aliphatic heterocycles. The summed E-state index contributed by atoms with van der Waals surface area (Å²) in [6, 6.07) is 3.27. The maximum atomic E-state index is 11.3. The van der Waals surface area contributed by atoms with Gasteiger partial charge in [0.25, 0.3) is 5.91 Å². The normalized spacial score (nSPS) is 11.6. The number of carbonyl (C=O) groups excluding carboxylic acids is 2. The molecule has 7 heteroatoms. The van der Waals surface area contributed by atoms with Gasteiger partial charge in [0.05, 0.1) is 13.0 Å². The van der Waals surface area contributed by atoms with Gasteiger partial charge in [-0.15, -0.1) is 10.2 Å². The summed E-state index contributed by atoms with van der Waals surface area (Å²) in [5.41, 5.74) is 0.251. The highest BCUT2D eigenvalue weighted by Gasteiger charge is 2.16. The van der Waals surface area contributed by atoms with Gasteiger partial charge in [-0.1, -0.05) is 6.92 Å². The Morgan fingerprint density at radius 1 is 1.42 bits per heavy atom. The molecule has 1 aromatic heterocycles. The minimum absolute atomic E-state index is 0.251. The third-order valence-corrected chi connectivity index (χ3v) is 2.65. The van der Waals surface area contributed by atoms with Gasteiger partial charge in [0, 0.05) is 20.6 Å². The van der Waals surface area contributed by atoms with Crippen molar-refractivity contribution in [1.29, 1.82) is 0 Å². The van der Waals surface area contributed by atoms with Crippen LogP contribution in [0.3, 0.4) is 0 Å². The number of nitrogens with one attached hydrogen (secondary N) is 1. The fourth-order valence-corrected chi connectivity index (χ4v) is 1.56. The van der Waals surface area contributed by atoms with E-state index in [-0.39, 0.29) is 23.5 Å². The zero-order valence-corrected chi connectivity index (χ0v) is 11.5. The molecule has 0 spiro atoms. The summed E-state index contributed by atoms with van der Waals surface area (Å²) >= 11 is 0. The molecular formula is C12H18N4O3. The van der Waals surface area contributed by atoms with Gasteiger partial charge >= 0.3 is 5.97 Å². The van der Waals surface area contributed by atoms with E-state index < -0.39 is 0 Å². The van der Waals surface area contributed by atoms with Gasteiger partial charge in [0.15, 0.2) is 11.5 Å². The SMILES string of the molecule is CNC(=O)c1ccc(N(C)CC(C)C(=O)OC)nn1. The van der Waals surface area contributed by atoms with Crippen LogP contribution in [-0.2, 0) is 9.53 Å². The van der Waals surface area contributed by atoms with Crippen LogP contribution >= 0.6 is 0 Å². The molecule has 0 fully saturated rings. The number of nitrogens with zero attached hydrogens (tertiary/aromatic N) is 3. The molecule has 1 N–H and O–H groups in total. The van der Waals surface area contributed by atoms with Gasteiger partial charge in [-0.25, -0.2) is 0 Å². The van der Waals surface area contributed by atoms with Gasteiger partial charge in [-0.2, -0.15) is 0 Å². The Labute approximate surface area is 112 Å². The van der Waals surface area contributed by atoms with E-state index in [0.29, 0.717) is 12.4 Å². The highest BCUT2D eigenvalue weighted by Crippen LogP contribution is 2.10. The molecule has 1 atom stereocenters. The van der Waals surface area contributed by atoms with Crippen molar-refractivity contribution in [2.45, 2.75) is 6.92 Å². The number of hydrogen-bond acceptors (Lipinski definition) is 6. The Bertz CT molecular complexity index is 447. The molecular weight excluding hydrogens is 248 g/mol. The topological polar surface area (TPSA) is 84.4 Å². The minimum atomic E-state index is -0.287. The van der Waals surface area contributed by atoms with Crippen LogP contribution in [-0.4, -0.2) is 49.8 Å². The van der Waals surface area contributed by atoms with Gasteiger partial charge in [-0.05, 0) is 12.1 Å². The molecule has 1 heterocycles. The first-order chi connectivity index (χ1) is 8.99. The molecule has 0 aliphatic carbocycles. The molecule has 0 radical (unpaired) electrons. The van der Waals surface area contributed by atoms with Crippen molar-refractivity contribution < 1.29 is 14.3 Å². The zero-order chi connectivity index (χ0) is 14.4. The second-order valence-electron chi connectivity index (χ2n) is 4.16. The molecule has 0 aromatic carbocycles. The monoisotopic (exact) mass is 266 g/mol. The van der Waals surface area contributed by atoms with Gasteiger partial charge in [0.1, 0.15) is 0 Å². The Kier molecular flexibility index (Phi) is 5.23. The smallest absolute Gasteiger partial charge is 0.310 e. The third-order valence-electron chi connectivity index (χ3n) is 2.65. The Morgan fingerprint density at radius 2 is 2.11 bits per heavy atom. The third kappa shape index (κ3) is 3.90. The number of hydrogen-bond donors (Lipinski definition) is 1. The molecule has 19 heavy (non-hydrogen) atoms. The van der Waals surface area contributed by atoms with Crippen molar-refractivity contribution in [3.05, 3.63) is 17.8 Å². The second kappa shape index (κ2) is 6.67. The van der Waals surface area contributed by atoms with Crippen molar-refractivity contribution in [3.63, 3.8) is 0 Å².